The number of nitrogens with zero attached hydrogens (tertiary/aromatic N) is 4. The molecule has 4 rings (SSSR count). The molecule has 1 aliphatic heterocycles. The minimum atomic E-state index is 0.0549. The molecule has 2 aromatic rings. The second-order valence-corrected chi connectivity index (χ2v) is 7.58. The summed E-state index contributed by atoms with van der Waals surface area (Å²) in [6.07, 6.45) is 5.24. The Bertz CT molecular complexity index is 788. The zero-order valence-corrected chi connectivity index (χ0v) is 15.5. The highest BCUT2D eigenvalue weighted by Gasteiger charge is 2.51. The summed E-state index contributed by atoms with van der Waals surface area (Å²) in [6, 6.07) is 7.61. The van der Waals surface area contributed by atoms with Crippen LogP contribution in [0.15, 0.2) is 30.5 Å². The van der Waals surface area contributed by atoms with Crippen molar-refractivity contribution in [2.75, 3.05) is 19.7 Å². The summed E-state index contributed by atoms with van der Waals surface area (Å²) < 4.78 is 7.82. The lowest BCUT2D eigenvalue weighted by Crippen LogP contribution is -2.36. The Morgan fingerprint density at radius 3 is 3.08 bits per heavy atom. The molecular weight excluding hydrogens is 328 g/mol. The zero-order valence-electron chi connectivity index (χ0n) is 15.5. The average Bonchev–Trinajstić information content (AvgIpc) is 3.32. The van der Waals surface area contributed by atoms with Crippen molar-refractivity contribution < 1.29 is 9.53 Å². The van der Waals surface area contributed by atoms with Crippen LogP contribution in [0.4, 0.5) is 0 Å². The normalized spacial score (nSPS) is 24.7. The summed E-state index contributed by atoms with van der Waals surface area (Å²) in [5, 5.41) is 4.42. The fraction of sp³-hybridized carbons (Fsp3) is 0.550. The maximum Gasteiger partial charge on any atom is 0.272 e. The highest BCUT2D eigenvalue weighted by Crippen LogP contribution is 2.49. The molecule has 1 amide bonds. The van der Waals surface area contributed by atoms with Crippen LogP contribution < -0.4 is 4.74 Å². The van der Waals surface area contributed by atoms with Gasteiger partial charge in [0.25, 0.3) is 5.91 Å². The van der Waals surface area contributed by atoms with Crippen LogP contribution in [-0.4, -0.2) is 45.3 Å². The smallest absolute Gasteiger partial charge is 0.272 e. The highest BCUT2D eigenvalue weighted by atomic mass is 16.5. The Balaban J connectivity index is 1.50. The molecular formula is C20H26N4O2. The number of carbonyl (C=O) groups excluding carboxylic acids is 1. The summed E-state index contributed by atoms with van der Waals surface area (Å²) in [6.45, 7) is 6.87. The van der Waals surface area contributed by atoms with Gasteiger partial charge in [0.05, 0.1) is 12.3 Å². The van der Waals surface area contributed by atoms with Gasteiger partial charge in [0, 0.05) is 37.3 Å². The van der Waals surface area contributed by atoms with Crippen LogP contribution in [0.5, 0.6) is 5.88 Å². The maximum absolute atomic E-state index is 13.1. The van der Waals surface area contributed by atoms with Crippen molar-refractivity contribution in [2.24, 2.45) is 11.3 Å². The van der Waals surface area contributed by atoms with Crippen molar-refractivity contribution in [1.29, 1.82) is 0 Å². The van der Waals surface area contributed by atoms with Crippen molar-refractivity contribution in [3.8, 4) is 5.88 Å². The van der Waals surface area contributed by atoms with Crippen molar-refractivity contribution in [3.63, 3.8) is 0 Å². The van der Waals surface area contributed by atoms with Gasteiger partial charge in [-0.05, 0) is 44.7 Å². The van der Waals surface area contributed by atoms with Gasteiger partial charge in [-0.2, -0.15) is 5.10 Å². The number of rotatable bonds is 5. The second-order valence-electron chi connectivity index (χ2n) is 7.58. The van der Waals surface area contributed by atoms with Crippen molar-refractivity contribution in [1.82, 2.24) is 19.7 Å². The minimum Gasteiger partial charge on any atom is -0.477 e. The largest absolute Gasteiger partial charge is 0.477 e. The average molecular weight is 354 g/mol. The van der Waals surface area contributed by atoms with Crippen molar-refractivity contribution >= 4 is 5.91 Å². The van der Waals surface area contributed by atoms with E-state index in [-0.39, 0.29) is 11.3 Å². The highest BCUT2D eigenvalue weighted by molar-refractivity contribution is 5.93. The van der Waals surface area contributed by atoms with E-state index >= 15 is 0 Å². The van der Waals surface area contributed by atoms with Gasteiger partial charge in [0.1, 0.15) is 5.69 Å². The summed E-state index contributed by atoms with van der Waals surface area (Å²) in [7, 11) is 0. The number of pyridine rings is 1. The van der Waals surface area contributed by atoms with E-state index in [2.05, 4.69) is 10.1 Å². The van der Waals surface area contributed by atoms with E-state index in [0.29, 0.717) is 30.6 Å². The SMILES string of the molecule is CCn1nc(C)cc1C(=O)N1C[C@@H]2CCC[C@]2(COc2ccccn2)C1. The fourth-order valence-electron chi connectivity index (χ4n) is 4.58. The van der Waals surface area contributed by atoms with E-state index in [1.54, 1.807) is 6.20 Å². The van der Waals surface area contributed by atoms with E-state index in [1.165, 1.54) is 12.8 Å². The van der Waals surface area contributed by atoms with Gasteiger partial charge in [-0.1, -0.05) is 12.5 Å². The van der Waals surface area contributed by atoms with Crippen LogP contribution in [0.1, 0.15) is 42.4 Å². The third-order valence-electron chi connectivity index (χ3n) is 5.89. The molecule has 1 aliphatic carbocycles. The van der Waals surface area contributed by atoms with Gasteiger partial charge in [0.2, 0.25) is 5.88 Å². The van der Waals surface area contributed by atoms with Crippen molar-refractivity contribution in [2.45, 2.75) is 39.7 Å². The topological polar surface area (TPSA) is 60.2 Å². The lowest BCUT2D eigenvalue weighted by atomic mass is 9.81. The molecule has 2 aromatic heterocycles. The molecule has 26 heavy (non-hydrogen) atoms. The molecule has 0 aromatic carbocycles. The molecule has 2 fully saturated rings. The van der Waals surface area contributed by atoms with E-state index in [0.717, 1.165) is 25.2 Å². The minimum absolute atomic E-state index is 0.0549. The van der Waals surface area contributed by atoms with Crippen LogP contribution in [0, 0.1) is 18.3 Å². The van der Waals surface area contributed by atoms with Crippen molar-refractivity contribution in [3.05, 3.63) is 41.9 Å². The molecule has 0 radical (unpaired) electrons. The van der Waals surface area contributed by atoms with Gasteiger partial charge in [-0.25, -0.2) is 4.98 Å². The second kappa shape index (κ2) is 6.74. The van der Waals surface area contributed by atoms with Gasteiger partial charge in [-0.15, -0.1) is 0 Å². The Morgan fingerprint density at radius 1 is 1.42 bits per heavy atom. The van der Waals surface area contributed by atoms with Crippen LogP contribution in [0.25, 0.3) is 0 Å². The summed E-state index contributed by atoms with van der Waals surface area (Å²) >= 11 is 0. The van der Waals surface area contributed by atoms with Gasteiger partial charge >= 0.3 is 0 Å². The number of hydrogen-bond donors (Lipinski definition) is 0. The molecule has 0 unspecified atom stereocenters. The Labute approximate surface area is 154 Å². The molecule has 0 spiro atoms. The molecule has 2 aliphatic rings. The molecule has 1 saturated heterocycles. The number of carbonyl (C=O) groups is 1. The lowest BCUT2D eigenvalue weighted by molar-refractivity contribution is 0.0733. The predicted octanol–water partition coefficient (Wildman–Crippen LogP) is 2.93. The van der Waals surface area contributed by atoms with E-state index in [1.807, 2.05) is 47.7 Å². The fourth-order valence-corrected chi connectivity index (χ4v) is 4.58. The zero-order chi connectivity index (χ0) is 18.1. The van der Waals surface area contributed by atoms with E-state index < -0.39 is 0 Å². The predicted molar refractivity (Wildman–Crippen MR) is 98.0 cm³/mol. The maximum atomic E-state index is 13.1. The molecule has 6 heteroatoms. The first kappa shape index (κ1) is 17.1. The number of aromatic nitrogens is 3. The Morgan fingerprint density at radius 2 is 2.31 bits per heavy atom. The monoisotopic (exact) mass is 354 g/mol. The van der Waals surface area contributed by atoms with Crippen LogP contribution >= 0.6 is 0 Å². The number of aryl methyl sites for hydroxylation is 2. The first-order chi connectivity index (χ1) is 12.6. The molecule has 0 bridgehead atoms. The Hall–Kier alpha value is -2.37. The van der Waals surface area contributed by atoms with Crippen LogP contribution in [0.3, 0.4) is 0 Å². The molecule has 3 heterocycles. The number of fused-ring (bicyclic) bond motifs is 1. The first-order valence-corrected chi connectivity index (χ1v) is 9.49. The summed E-state index contributed by atoms with van der Waals surface area (Å²) in [5.74, 6) is 1.27. The molecule has 6 nitrogen and oxygen atoms in total. The van der Waals surface area contributed by atoms with Crippen LogP contribution in [-0.2, 0) is 6.54 Å². The van der Waals surface area contributed by atoms with Crippen LogP contribution in [0.2, 0.25) is 0 Å². The third kappa shape index (κ3) is 2.97. The quantitative estimate of drug-likeness (QED) is 0.828. The number of amides is 1. The number of ether oxygens (including phenoxy) is 1. The van der Waals surface area contributed by atoms with E-state index in [4.69, 9.17) is 4.74 Å². The molecule has 138 valence electrons. The molecule has 0 N–H and O–H groups in total. The molecule has 1 saturated carbocycles. The lowest BCUT2D eigenvalue weighted by Gasteiger charge is -2.28. The third-order valence-corrected chi connectivity index (χ3v) is 5.89. The summed E-state index contributed by atoms with van der Waals surface area (Å²) in [5.41, 5.74) is 1.65. The van der Waals surface area contributed by atoms with Gasteiger partial charge in [-0.3, -0.25) is 9.48 Å². The van der Waals surface area contributed by atoms with Gasteiger partial charge in [0.15, 0.2) is 0 Å². The van der Waals surface area contributed by atoms with Gasteiger partial charge < -0.3 is 9.64 Å². The first-order valence-electron chi connectivity index (χ1n) is 9.49. The summed E-state index contributed by atoms with van der Waals surface area (Å²) in [4.78, 5) is 19.4. The van der Waals surface area contributed by atoms with E-state index in [9.17, 15) is 4.79 Å². The Kier molecular flexibility index (Phi) is 4.42. The standard InChI is InChI=1S/C20H26N4O2/c1-3-24-17(11-15(2)22-24)19(25)23-12-16-7-6-9-20(16,13-23)14-26-18-8-4-5-10-21-18/h4-5,8,10-11,16H,3,6-7,9,12-14H2,1-2H3/t16-,20+/m0/s1. The number of hydrogen-bond acceptors (Lipinski definition) is 4. The number of likely N-dealkylation sites (tertiary alicyclic amines) is 1. The molecule has 2 atom stereocenters.